The first-order chi connectivity index (χ1) is 7.46. The lowest BCUT2D eigenvalue weighted by molar-refractivity contribution is 0.597. The Morgan fingerprint density at radius 2 is 2.25 bits per heavy atom. The minimum Gasteiger partial charge on any atom is -0.382 e. The van der Waals surface area contributed by atoms with Gasteiger partial charge in [-0.15, -0.1) is 0 Å². The monoisotopic (exact) mass is 309 g/mol. The molecule has 0 saturated heterocycles. The Hall–Kier alpha value is -0.890. The third kappa shape index (κ3) is 3.60. The molecule has 0 unspecified atom stereocenters. The molecule has 0 bridgehead atoms. The van der Waals surface area contributed by atoms with Crippen molar-refractivity contribution < 1.29 is 8.42 Å². The van der Waals surface area contributed by atoms with Crippen LogP contribution in [0, 0.1) is 0 Å². The van der Waals surface area contributed by atoms with E-state index in [1.165, 1.54) is 6.20 Å². The van der Waals surface area contributed by atoms with Crippen LogP contribution >= 0.6 is 15.9 Å². The van der Waals surface area contributed by atoms with Crippen LogP contribution in [0.25, 0.3) is 0 Å². The Morgan fingerprint density at radius 3 is 2.88 bits per heavy atom. The van der Waals surface area contributed by atoms with Gasteiger partial charge in [0.1, 0.15) is 4.47 Å². The van der Waals surface area contributed by atoms with Crippen molar-refractivity contribution >= 4 is 31.5 Å². The van der Waals surface area contributed by atoms with Crippen molar-refractivity contribution in [3.05, 3.63) is 21.0 Å². The van der Waals surface area contributed by atoms with Crippen LogP contribution in [0.4, 0.5) is 5.69 Å². The number of hydrogen-bond acceptors (Lipinski definition) is 5. The third-order valence-electron chi connectivity index (χ3n) is 1.96. The molecule has 0 amide bonds. The summed E-state index contributed by atoms with van der Waals surface area (Å²) >= 11 is 3.08. The number of nitrogens with one attached hydrogen (secondary N) is 2. The first kappa shape index (κ1) is 13.2. The second-order valence-electron chi connectivity index (χ2n) is 3.09. The summed E-state index contributed by atoms with van der Waals surface area (Å²) in [5, 5.41) is 8.68. The third-order valence-corrected chi connectivity index (χ3v) is 4.46. The Kier molecular flexibility index (Phi) is 4.48. The predicted octanol–water partition coefficient (Wildman–Crippen LogP) is 0.379. The molecule has 0 atom stereocenters. The van der Waals surface area contributed by atoms with Gasteiger partial charge in [0.05, 0.1) is 17.6 Å². The van der Waals surface area contributed by atoms with Gasteiger partial charge in [-0.3, -0.25) is 4.79 Å². The fraction of sp³-hybridized carbons (Fsp3) is 0.500. The molecule has 0 aromatic carbocycles. The van der Waals surface area contributed by atoms with E-state index in [4.69, 9.17) is 0 Å². The van der Waals surface area contributed by atoms with Crippen molar-refractivity contribution in [1.29, 1.82) is 0 Å². The lowest BCUT2D eigenvalue weighted by Crippen LogP contribution is -2.19. The van der Waals surface area contributed by atoms with Crippen LogP contribution in [-0.4, -0.2) is 36.7 Å². The summed E-state index contributed by atoms with van der Waals surface area (Å²) in [4.78, 5) is 11.1. The average molecular weight is 310 g/mol. The molecule has 0 spiro atoms. The Morgan fingerprint density at radius 1 is 1.56 bits per heavy atom. The van der Waals surface area contributed by atoms with E-state index in [0.717, 1.165) is 0 Å². The van der Waals surface area contributed by atoms with E-state index >= 15 is 0 Å². The van der Waals surface area contributed by atoms with Gasteiger partial charge in [0.25, 0.3) is 5.56 Å². The van der Waals surface area contributed by atoms with Crippen molar-refractivity contribution in [2.45, 2.75) is 6.92 Å². The van der Waals surface area contributed by atoms with E-state index in [9.17, 15) is 13.2 Å². The van der Waals surface area contributed by atoms with Crippen LogP contribution in [0.15, 0.2) is 15.5 Å². The van der Waals surface area contributed by atoms with Crippen LogP contribution in [-0.2, 0) is 9.84 Å². The van der Waals surface area contributed by atoms with E-state index in [0.29, 0.717) is 10.2 Å². The number of nitrogens with zero attached hydrogens (tertiary/aromatic N) is 1. The topological polar surface area (TPSA) is 91.9 Å². The molecule has 0 aliphatic rings. The predicted molar refractivity (Wildman–Crippen MR) is 65.4 cm³/mol. The molecule has 0 fully saturated rings. The highest BCUT2D eigenvalue weighted by Crippen LogP contribution is 2.14. The lowest BCUT2D eigenvalue weighted by atomic mass is 10.4. The number of rotatable bonds is 5. The molecule has 1 heterocycles. The van der Waals surface area contributed by atoms with E-state index in [2.05, 4.69) is 31.4 Å². The molecular formula is C8H12BrN3O3S. The number of halogens is 1. The van der Waals surface area contributed by atoms with Crippen molar-refractivity contribution in [2.75, 3.05) is 23.4 Å². The molecule has 6 nitrogen and oxygen atoms in total. The normalized spacial score (nSPS) is 11.4. The minimum absolute atomic E-state index is 0.0305. The zero-order chi connectivity index (χ0) is 12.2. The molecule has 2 N–H and O–H groups in total. The molecule has 90 valence electrons. The maximum absolute atomic E-state index is 11.2. The summed E-state index contributed by atoms with van der Waals surface area (Å²) in [6.45, 7) is 1.85. The first-order valence-corrected chi connectivity index (χ1v) is 7.25. The van der Waals surface area contributed by atoms with Crippen molar-refractivity contribution in [1.82, 2.24) is 10.2 Å². The summed E-state index contributed by atoms with van der Waals surface area (Å²) in [6.07, 6.45) is 1.42. The highest BCUT2D eigenvalue weighted by Gasteiger charge is 2.08. The summed E-state index contributed by atoms with van der Waals surface area (Å²) < 4.78 is 22.7. The van der Waals surface area contributed by atoms with Crippen molar-refractivity contribution in [3.8, 4) is 0 Å². The van der Waals surface area contributed by atoms with E-state index < -0.39 is 9.84 Å². The average Bonchev–Trinajstić information content (AvgIpc) is 2.24. The summed E-state index contributed by atoms with van der Waals surface area (Å²) in [5.74, 6) is 0.145. The maximum atomic E-state index is 11.2. The van der Waals surface area contributed by atoms with Crippen LogP contribution < -0.4 is 10.9 Å². The minimum atomic E-state index is -3.00. The van der Waals surface area contributed by atoms with Crippen LogP contribution in [0.2, 0.25) is 0 Å². The number of hydrogen-bond donors (Lipinski definition) is 2. The SMILES string of the molecule is CCS(=O)(=O)CCNc1cn[nH]c(=O)c1Br. The van der Waals surface area contributed by atoms with E-state index in [1.807, 2.05) is 0 Å². The van der Waals surface area contributed by atoms with Gasteiger partial charge in [-0.05, 0) is 15.9 Å². The largest absolute Gasteiger partial charge is 0.382 e. The fourth-order valence-corrected chi connectivity index (χ4v) is 2.03. The Bertz CT molecular complexity index is 512. The van der Waals surface area contributed by atoms with Gasteiger partial charge in [0.2, 0.25) is 0 Å². The van der Waals surface area contributed by atoms with Gasteiger partial charge >= 0.3 is 0 Å². The number of anilines is 1. The molecule has 1 rings (SSSR count). The number of aromatic nitrogens is 2. The van der Waals surface area contributed by atoms with Gasteiger partial charge in [0, 0.05) is 12.3 Å². The summed E-state index contributed by atoms with van der Waals surface area (Å²) in [7, 11) is -3.00. The molecule has 1 aromatic heterocycles. The van der Waals surface area contributed by atoms with Crippen LogP contribution in [0.5, 0.6) is 0 Å². The first-order valence-electron chi connectivity index (χ1n) is 4.63. The number of sulfone groups is 1. The maximum Gasteiger partial charge on any atom is 0.280 e. The lowest BCUT2D eigenvalue weighted by Gasteiger charge is -2.06. The molecule has 1 aromatic rings. The van der Waals surface area contributed by atoms with Crippen LogP contribution in [0.3, 0.4) is 0 Å². The number of H-pyrrole nitrogens is 1. The molecule has 0 aliphatic heterocycles. The fourth-order valence-electron chi connectivity index (χ4n) is 0.992. The quantitative estimate of drug-likeness (QED) is 0.820. The van der Waals surface area contributed by atoms with Crippen LogP contribution in [0.1, 0.15) is 6.92 Å². The van der Waals surface area contributed by atoms with Gasteiger partial charge in [-0.1, -0.05) is 6.92 Å². The number of aromatic amines is 1. The highest BCUT2D eigenvalue weighted by molar-refractivity contribution is 9.10. The highest BCUT2D eigenvalue weighted by atomic mass is 79.9. The van der Waals surface area contributed by atoms with Gasteiger partial charge < -0.3 is 5.32 Å². The second-order valence-corrected chi connectivity index (χ2v) is 6.36. The zero-order valence-corrected chi connectivity index (χ0v) is 11.1. The Labute approximate surface area is 102 Å². The Balaban J connectivity index is 2.63. The molecule has 0 radical (unpaired) electrons. The molecule has 0 saturated carbocycles. The van der Waals surface area contributed by atoms with Gasteiger partial charge in [-0.25, -0.2) is 13.5 Å². The van der Waals surface area contributed by atoms with E-state index in [1.54, 1.807) is 6.92 Å². The zero-order valence-electron chi connectivity index (χ0n) is 8.66. The molecule has 16 heavy (non-hydrogen) atoms. The standard InChI is InChI=1S/C8H12BrN3O3S/c1-2-16(14,15)4-3-10-6-5-11-12-8(13)7(6)9/h5H,2-4H2,1H3,(H2,10,12,13). The van der Waals surface area contributed by atoms with Gasteiger partial charge in [-0.2, -0.15) is 5.10 Å². The molecule has 8 heteroatoms. The second kappa shape index (κ2) is 5.44. The molecule has 0 aliphatic carbocycles. The summed E-state index contributed by atoms with van der Waals surface area (Å²) in [5.41, 5.74) is 0.124. The summed E-state index contributed by atoms with van der Waals surface area (Å²) in [6, 6.07) is 0. The smallest absolute Gasteiger partial charge is 0.280 e. The van der Waals surface area contributed by atoms with E-state index in [-0.39, 0.29) is 23.6 Å². The van der Waals surface area contributed by atoms with Crippen molar-refractivity contribution in [2.24, 2.45) is 0 Å². The van der Waals surface area contributed by atoms with Gasteiger partial charge in [0.15, 0.2) is 9.84 Å². The van der Waals surface area contributed by atoms with Crippen molar-refractivity contribution in [3.63, 3.8) is 0 Å². The molecular weight excluding hydrogens is 298 g/mol.